The molecule has 1 aliphatic heterocycles. The van der Waals surface area contributed by atoms with E-state index in [-0.39, 0.29) is 24.3 Å². The van der Waals surface area contributed by atoms with Crippen molar-refractivity contribution in [3.8, 4) is 0 Å². The number of alkyl halides is 3. The molecule has 1 aliphatic carbocycles. The van der Waals surface area contributed by atoms with E-state index < -0.39 is 17.7 Å². The molecule has 0 bridgehead atoms. The molecule has 4 heterocycles. The van der Waals surface area contributed by atoms with Gasteiger partial charge in [-0.25, -0.2) is 4.98 Å². The minimum atomic E-state index is -4.38. The van der Waals surface area contributed by atoms with Crippen molar-refractivity contribution in [2.75, 3.05) is 6.54 Å². The van der Waals surface area contributed by atoms with Crippen LogP contribution in [-0.4, -0.2) is 38.0 Å². The topological polar surface area (TPSA) is 75.4 Å². The fraction of sp³-hybridized carbons (Fsp3) is 0.480. The molecular formula is C25H26F3N3O3S. The van der Waals surface area contributed by atoms with Gasteiger partial charge in [0.2, 0.25) is 5.91 Å². The molecule has 0 atom stereocenters. The molecule has 0 spiro atoms. The van der Waals surface area contributed by atoms with Crippen LogP contribution >= 0.6 is 11.3 Å². The van der Waals surface area contributed by atoms with Crippen LogP contribution in [0.2, 0.25) is 0 Å². The molecule has 0 aromatic carbocycles. The van der Waals surface area contributed by atoms with Crippen LogP contribution in [0.15, 0.2) is 29.8 Å². The number of rotatable bonds is 5. The average Bonchev–Trinajstić information content (AvgIpc) is 3.43. The molecule has 1 amide bonds. The van der Waals surface area contributed by atoms with Crippen molar-refractivity contribution in [1.29, 1.82) is 0 Å². The Morgan fingerprint density at radius 2 is 1.97 bits per heavy atom. The summed E-state index contributed by atoms with van der Waals surface area (Å²) in [7, 11) is 0. The first-order valence-electron chi connectivity index (χ1n) is 11.8. The lowest BCUT2D eigenvalue weighted by molar-refractivity contribution is -0.143. The molecule has 1 fully saturated rings. The molecular weight excluding hydrogens is 479 g/mol. The van der Waals surface area contributed by atoms with Gasteiger partial charge < -0.3 is 14.6 Å². The number of hydrogen-bond donors (Lipinski definition) is 1. The minimum Gasteiger partial charge on any atom is -0.481 e. The summed E-state index contributed by atoms with van der Waals surface area (Å²) >= 11 is 1.08. The van der Waals surface area contributed by atoms with E-state index in [0.29, 0.717) is 43.6 Å². The number of aliphatic carboxylic acids is 1. The van der Waals surface area contributed by atoms with Crippen molar-refractivity contribution in [2.24, 2.45) is 11.8 Å². The van der Waals surface area contributed by atoms with Gasteiger partial charge in [0.25, 0.3) is 0 Å². The summed E-state index contributed by atoms with van der Waals surface area (Å²) in [6, 6.07) is 5.02. The molecule has 186 valence electrons. The maximum absolute atomic E-state index is 13.2. The first-order chi connectivity index (χ1) is 16.7. The number of amides is 1. The van der Waals surface area contributed by atoms with Gasteiger partial charge in [0, 0.05) is 40.5 Å². The lowest BCUT2D eigenvalue weighted by Crippen LogP contribution is -2.38. The summed E-state index contributed by atoms with van der Waals surface area (Å²) in [6.07, 6.45) is 1.07. The largest absolute Gasteiger partial charge is 0.481 e. The van der Waals surface area contributed by atoms with Gasteiger partial charge in [-0.05, 0) is 61.8 Å². The third-order valence-corrected chi connectivity index (χ3v) is 8.24. The Balaban J connectivity index is 1.35. The van der Waals surface area contributed by atoms with Crippen LogP contribution in [0.5, 0.6) is 0 Å². The number of carbonyl (C=O) groups is 2. The highest BCUT2D eigenvalue weighted by atomic mass is 32.1. The van der Waals surface area contributed by atoms with Crippen molar-refractivity contribution in [3.63, 3.8) is 0 Å². The molecule has 1 saturated carbocycles. The number of nitrogens with zero attached hydrogens (tertiary/aromatic N) is 3. The Morgan fingerprint density at radius 3 is 2.66 bits per heavy atom. The van der Waals surface area contributed by atoms with E-state index in [1.807, 2.05) is 21.6 Å². The normalized spacial score (nSPS) is 20.7. The van der Waals surface area contributed by atoms with Crippen LogP contribution in [0.25, 0.3) is 11.0 Å². The molecule has 1 N–H and O–H groups in total. The van der Waals surface area contributed by atoms with Gasteiger partial charge in [0.15, 0.2) is 0 Å². The van der Waals surface area contributed by atoms with E-state index in [1.54, 1.807) is 6.20 Å². The molecule has 2 aliphatic rings. The second-order valence-corrected chi connectivity index (χ2v) is 10.5. The second kappa shape index (κ2) is 9.29. The highest BCUT2D eigenvalue weighted by Gasteiger charge is 2.33. The fourth-order valence-corrected chi connectivity index (χ4v) is 6.28. The van der Waals surface area contributed by atoms with Crippen molar-refractivity contribution in [2.45, 2.75) is 57.8 Å². The molecule has 35 heavy (non-hydrogen) atoms. The lowest BCUT2D eigenvalue weighted by Gasteiger charge is -2.31. The smallest absolute Gasteiger partial charge is 0.417 e. The van der Waals surface area contributed by atoms with Crippen LogP contribution in [0.3, 0.4) is 0 Å². The number of carboxylic acids is 1. The summed E-state index contributed by atoms with van der Waals surface area (Å²) in [5.41, 5.74) is 2.10. The summed E-state index contributed by atoms with van der Waals surface area (Å²) in [5.74, 6) is -0.821. The molecule has 5 rings (SSSR count). The number of thiophene rings is 1. The third kappa shape index (κ3) is 4.80. The van der Waals surface area contributed by atoms with Gasteiger partial charge in [0.1, 0.15) is 5.65 Å². The van der Waals surface area contributed by atoms with Crippen LogP contribution in [0.1, 0.15) is 53.8 Å². The van der Waals surface area contributed by atoms with Crippen LogP contribution in [-0.2, 0) is 35.3 Å². The van der Waals surface area contributed by atoms with Crippen molar-refractivity contribution in [1.82, 2.24) is 14.5 Å². The Hall–Kier alpha value is -2.88. The SMILES string of the molecule is O=C(O)C1CCC(CC(=O)N2CCc3c(n(Cc4cc(C(F)(F)F)cs4)c4ncccc34)C2)CC1. The summed E-state index contributed by atoms with van der Waals surface area (Å²) in [5, 5.41) is 11.3. The molecule has 3 aromatic rings. The van der Waals surface area contributed by atoms with Gasteiger partial charge in [-0.3, -0.25) is 9.59 Å². The Kier molecular flexibility index (Phi) is 6.33. The summed E-state index contributed by atoms with van der Waals surface area (Å²) in [6.45, 7) is 1.25. The quantitative estimate of drug-likeness (QED) is 0.509. The first kappa shape index (κ1) is 23.8. The number of carboxylic acid groups (broad SMARTS) is 1. The average molecular weight is 506 g/mol. The number of aromatic nitrogens is 2. The number of fused-ring (bicyclic) bond motifs is 3. The van der Waals surface area contributed by atoms with Crippen LogP contribution in [0, 0.1) is 11.8 Å². The van der Waals surface area contributed by atoms with Crippen molar-refractivity contribution < 1.29 is 27.9 Å². The van der Waals surface area contributed by atoms with Crippen molar-refractivity contribution >= 4 is 34.2 Å². The molecule has 10 heteroatoms. The Labute approximate surface area is 204 Å². The van der Waals surface area contributed by atoms with Gasteiger partial charge in [-0.1, -0.05) is 0 Å². The number of carbonyl (C=O) groups excluding carboxylic acids is 1. The Morgan fingerprint density at radius 1 is 1.20 bits per heavy atom. The molecule has 0 unspecified atom stereocenters. The maximum Gasteiger partial charge on any atom is 0.417 e. The zero-order valence-electron chi connectivity index (χ0n) is 19.1. The van der Waals surface area contributed by atoms with Gasteiger partial charge >= 0.3 is 12.1 Å². The lowest BCUT2D eigenvalue weighted by atomic mass is 9.80. The number of pyridine rings is 1. The van der Waals surface area contributed by atoms with Gasteiger partial charge in [0.05, 0.1) is 24.6 Å². The van der Waals surface area contributed by atoms with Gasteiger partial charge in [-0.2, -0.15) is 13.2 Å². The highest BCUT2D eigenvalue weighted by Crippen LogP contribution is 2.36. The van der Waals surface area contributed by atoms with E-state index in [2.05, 4.69) is 4.98 Å². The molecule has 0 radical (unpaired) electrons. The monoisotopic (exact) mass is 505 g/mol. The Bertz CT molecular complexity index is 1260. The van der Waals surface area contributed by atoms with Crippen LogP contribution in [0.4, 0.5) is 13.2 Å². The standard InChI is InChI=1S/C25H26F3N3O3S/c26-25(27,28)17-11-18(35-14-17)12-31-21-13-30(9-7-19(21)20-2-1-8-29-23(20)31)22(32)10-15-3-5-16(6-4-15)24(33)34/h1-2,8,11,14-16H,3-7,9-10,12-13H2,(H,33,34). The highest BCUT2D eigenvalue weighted by molar-refractivity contribution is 7.10. The molecule has 0 saturated heterocycles. The molecule has 3 aromatic heterocycles. The van der Waals surface area contributed by atoms with Crippen molar-refractivity contribution in [3.05, 3.63) is 51.5 Å². The number of hydrogen-bond acceptors (Lipinski definition) is 4. The van der Waals surface area contributed by atoms with E-state index in [9.17, 15) is 27.9 Å². The van der Waals surface area contributed by atoms with E-state index in [1.165, 1.54) is 6.07 Å². The van der Waals surface area contributed by atoms with E-state index >= 15 is 0 Å². The summed E-state index contributed by atoms with van der Waals surface area (Å²) in [4.78, 5) is 31.3. The van der Waals surface area contributed by atoms with Crippen LogP contribution < -0.4 is 0 Å². The first-order valence-corrected chi connectivity index (χ1v) is 12.7. The molecule has 6 nitrogen and oxygen atoms in total. The fourth-order valence-electron chi connectivity index (χ4n) is 5.40. The zero-order chi connectivity index (χ0) is 24.7. The minimum absolute atomic E-state index is 0.0506. The second-order valence-electron chi connectivity index (χ2n) is 9.51. The maximum atomic E-state index is 13.2. The van der Waals surface area contributed by atoms with E-state index in [4.69, 9.17) is 0 Å². The summed E-state index contributed by atoms with van der Waals surface area (Å²) < 4.78 is 41.3. The zero-order valence-corrected chi connectivity index (χ0v) is 19.9. The van der Waals surface area contributed by atoms with Gasteiger partial charge in [-0.15, -0.1) is 11.3 Å². The van der Waals surface area contributed by atoms with E-state index in [0.717, 1.165) is 51.8 Å². The predicted octanol–water partition coefficient (Wildman–Crippen LogP) is 5.33. The predicted molar refractivity (Wildman–Crippen MR) is 125 cm³/mol. The number of halogens is 3. The third-order valence-electron chi connectivity index (χ3n) is 7.32.